The highest BCUT2D eigenvalue weighted by molar-refractivity contribution is 7.85. The van der Waals surface area contributed by atoms with Crippen LogP contribution in [0.1, 0.15) is 27.8 Å². The zero-order valence-electron chi connectivity index (χ0n) is 29.8. The molecule has 0 saturated heterocycles. The quantitative estimate of drug-likeness (QED) is 0.160. The topological polar surface area (TPSA) is 34.1 Å². The number of hydrogen-bond donors (Lipinski definition) is 0. The molecule has 0 fully saturated rings. The van der Waals surface area contributed by atoms with Crippen molar-refractivity contribution in [2.75, 3.05) is 0 Å². The molecule has 0 amide bonds. The van der Waals surface area contributed by atoms with Crippen LogP contribution < -0.4 is 31.8 Å². The van der Waals surface area contributed by atoms with Gasteiger partial charge in [-0.05, 0) is 63.6 Å². The van der Waals surface area contributed by atoms with E-state index < -0.39 is 19.7 Å². The molecular formula is C50H36O2P2. The molecule has 0 bridgehead atoms. The van der Waals surface area contributed by atoms with E-state index in [2.05, 4.69) is 104 Å². The molecular weight excluding hydrogens is 694 g/mol. The molecule has 54 heavy (non-hydrogen) atoms. The fourth-order valence-corrected chi connectivity index (χ4v) is 14.4. The molecule has 0 saturated carbocycles. The molecule has 0 radical (unpaired) electrons. The first-order chi connectivity index (χ1) is 26.4. The van der Waals surface area contributed by atoms with Gasteiger partial charge < -0.3 is 9.13 Å². The van der Waals surface area contributed by atoms with Gasteiger partial charge in [-0.2, -0.15) is 0 Å². The highest BCUT2D eigenvalue weighted by atomic mass is 31.2. The van der Waals surface area contributed by atoms with Gasteiger partial charge in [0, 0.05) is 31.8 Å². The zero-order valence-corrected chi connectivity index (χ0v) is 31.6. The molecule has 2 aliphatic rings. The van der Waals surface area contributed by atoms with Crippen molar-refractivity contribution in [3.8, 4) is 22.3 Å². The lowest BCUT2D eigenvalue weighted by molar-refractivity contribution is 0.591. The van der Waals surface area contributed by atoms with Crippen molar-refractivity contribution in [3.05, 3.63) is 228 Å². The molecule has 2 unspecified atom stereocenters. The van der Waals surface area contributed by atoms with Crippen LogP contribution in [0.5, 0.6) is 0 Å². The molecule has 2 nitrogen and oxygen atoms in total. The molecule has 0 heterocycles. The van der Waals surface area contributed by atoms with Gasteiger partial charge in [-0.15, -0.1) is 0 Å². The van der Waals surface area contributed by atoms with Crippen LogP contribution in [-0.4, -0.2) is 0 Å². The molecule has 8 aromatic rings. The first-order valence-corrected chi connectivity index (χ1v) is 21.8. The summed E-state index contributed by atoms with van der Waals surface area (Å²) in [5, 5.41) is 4.81. The smallest absolute Gasteiger partial charge is 0.171 e. The van der Waals surface area contributed by atoms with E-state index in [9.17, 15) is 0 Å². The Balaban J connectivity index is 1.29. The normalized spacial score (nSPS) is 16.2. The van der Waals surface area contributed by atoms with E-state index in [-0.39, 0.29) is 0 Å². The molecule has 1 spiro atoms. The largest absolute Gasteiger partial charge is 0.309 e. The van der Waals surface area contributed by atoms with E-state index >= 15 is 9.13 Å². The average Bonchev–Trinajstić information content (AvgIpc) is 3.71. The van der Waals surface area contributed by atoms with Gasteiger partial charge in [0.1, 0.15) is 0 Å². The van der Waals surface area contributed by atoms with Gasteiger partial charge in [0.15, 0.2) is 14.3 Å². The minimum Gasteiger partial charge on any atom is -0.309 e. The summed E-state index contributed by atoms with van der Waals surface area (Å²) in [4.78, 5) is 0. The molecule has 4 heteroatoms. The lowest BCUT2D eigenvalue weighted by Gasteiger charge is -2.32. The Hall–Kier alpha value is -5.78. The van der Waals surface area contributed by atoms with Crippen molar-refractivity contribution in [2.24, 2.45) is 0 Å². The van der Waals surface area contributed by atoms with Crippen LogP contribution in [-0.2, 0) is 14.5 Å². The minimum atomic E-state index is -3.31. The lowest BCUT2D eigenvalue weighted by atomic mass is 9.70. The predicted molar refractivity (Wildman–Crippen MR) is 226 cm³/mol. The second-order valence-electron chi connectivity index (χ2n) is 14.4. The second kappa shape index (κ2) is 12.4. The maximum Gasteiger partial charge on any atom is 0.171 e. The number of fused-ring (bicyclic) bond motifs is 10. The van der Waals surface area contributed by atoms with Crippen molar-refractivity contribution in [3.63, 3.8) is 0 Å². The summed E-state index contributed by atoms with van der Waals surface area (Å²) in [5.74, 6) is 0. The Kier molecular flexibility index (Phi) is 7.54. The van der Waals surface area contributed by atoms with Crippen molar-refractivity contribution >= 4 is 46.1 Å². The summed E-state index contributed by atoms with van der Waals surface area (Å²) in [6.07, 6.45) is 0. The van der Waals surface area contributed by atoms with Crippen LogP contribution in [0.15, 0.2) is 200 Å². The maximum absolute atomic E-state index is 16.0. The van der Waals surface area contributed by atoms with Gasteiger partial charge >= 0.3 is 0 Å². The summed E-state index contributed by atoms with van der Waals surface area (Å²) in [7, 11) is -6.61. The molecule has 258 valence electrons. The maximum atomic E-state index is 16.0. The van der Waals surface area contributed by atoms with Crippen LogP contribution in [0.25, 0.3) is 22.3 Å². The molecule has 8 aromatic carbocycles. The van der Waals surface area contributed by atoms with Crippen LogP contribution in [0.4, 0.5) is 0 Å². The second-order valence-corrected chi connectivity index (χ2v) is 19.9. The van der Waals surface area contributed by atoms with Crippen LogP contribution in [0.2, 0.25) is 0 Å². The van der Waals surface area contributed by atoms with E-state index in [4.69, 9.17) is 0 Å². The number of hydrogen-bond acceptors (Lipinski definition) is 2. The summed E-state index contributed by atoms with van der Waals surface area (Å²) in [6.45, 7) is 2.06. The third-order valence-corrected chi connectivity index (χ3v) is 17.7. The third-order valence-electron chi connectivity index (χ3n) is 11.5. The van der Waals surface area contributed by atoms with Gasteiger partial charge in [-0.3, -0.25) is 0 Å². The first-order valence-electron chi connectivity index (χ1n) is 18.4. The standard InChI is InChI=1S/C50H36O2P2/c1-35-25-27-39(28-26-35)54(52,38-19-9-4-10-20-38)41-30-32-45-43-22-12-14-24-47(43)50(49(45)34-41)46-23-13-11-21-42(46)44-31-29-40(33-48(44)50)53(51,36-15-5-2-6-16-36)37-17-7-3-8-18-37/h2-34H,1H3. The van der Waals surface area contributed by atoms with E-state index in [0.717, 1.165) is 70.8 Å². The van der Waals surface area contributed by atoms with Crippen molar-refractivity contribution in [1.82, 2.24) is 0 Å². The third kappa shape index (κ3) is 4.54. The SMILES string of the molecule is Cc1ccc(P(=O)(c2ccccc2)c2ccc3c(c2)C2(c4ccccc4-c4ccc(P(=O)(c5ccccc5)c5ccccc5)cc42)c2ccccc2-3)cc1. The number of aryl methyl sites for hydroxylation is 1. The Labute approximate surface area is 316 Å². The molecule has 0 aliphatic heterocycles. The number of rotatable bonds is 6. The van der Waals surface area contributed by atoms with Crippen LogP contribution in [0, 0.1) is 6.92 Å². The van der Waals surface area contributed by atoms with Gasteiger partial charge in [-0.1, -0.05) is 194 Å². The van der Waals surface area contributed by atoms with Gasteiger partial charge in [0.25, 0.3) is 0 Å². The molecule has 2 aliphatic carbocycles. The van der Waals surface area contributed by atoms with E-state index in [1.54, 1.807) is 0 Å². The van der Waals surface area contributed by atoms with Crippen molar-refractivity contribution in [1.29, 1.82) is 0 Å². The van der Waals surface area contributed by atoms with Gasteiger partial charge in [0.2, 0.25) is 0 Å². The van der Waals surface area contributed by atoms with Crippen LogP contribution >= 0.6 is 14.3 Å². The highest BCUT2D eigenvalue weighted by Crippen LogP contribution is 2.63. The zero-order chi connectivity index (χ0) is 36.5. The fourth-order valence-electron chi connectivity index (χ4n) is 9.07. The predicted octanol–water partition coefficient (Wildman–Crippen LogP) is 9.62. The lowest BCUT2D eigenvalue weighted by Crippen LogP contribution is -2.31. The molecule has 0 N–H and O–H groups in total. The molecule has 0 aromatic heterocycles. The molecule has 2 atom stereocenters. The van der Waals surface area contributed by atoms with Crippen molar-refractivity contribution in [2.45, 2.75) is 12.3 Å². The Morgan fingerprint density at radius 2 is 0.630 bits per heavy atom. The van der Waals surface area contributed by atoms with Gasteiger partial charge in [0.05, 0.1) is 5.41 Å². The Bertz CT molecular complexity index is 2770. The van der Waals surface area contributed by atoms with Crippen molar-refractivity contribution < 1.29 is 9.13 Å². The Morgan fingerprint density at radius 3 is 1.04 bits per heavy atom. The van der Waals surface area contributed by atoms with Gasteiger partial charge in [-0.25, -0.2) is 0 Å². The van der Waals surface area contributed by atoms with E-state index in [0.29, 0.717) is 0 Å². The van der Waals surface area contributed by atoms with E-state index in [1.165, 1.54) is 11.1 Å². The summed E-state index contributed by atoms with van der Waals surface area (Å²) < 4.78 is 31.8. The summed E-state index contributed by atoms with van der Waals surface area (Å²) >= 11 is 0. The summed E-state index contributed by atoms with van der Waals surface area (Å²) in [6, 6.07) is 68.2. The fraction of sp³-hybridized carbons (Fsp3) is 0.0400. The van der Waals surface area contributed by atoms with Crippen LogP contribution in [0.3, 0.4) is 0 Å². The first kappa shape index (κ1) is 32.8. The highest BCUT2D eigenvalue weighted by Gasteiger charge is 2.52. The minimum absolute atomic E-state index is 0.725. The average molecular weight is 731 g/mol. The molecule has 10 rings (SSSR count). The number of benzene rings is 8. The summed E-state index contributed by atoms with van der Waals surface area (Å²) in [5.41, 5.74) is 9.52. The Morgan fingerprint density at radius 1 is 0.315 bits per heavy atom. The van der Waals surface area contributed by atoms with E-state index in [1.807, 2.05) is 103 Å². The monoisotopic (exact) mass is 730 g/mol.